The van der Waals surface area contributed by atoms with E-state index in [9.17, 15) is 13.2 Å². The number of nitrogens with zero attached hydrogens (tertiary/aromatic N) is 2. The zero-order chi connectivity index (χ0) is 23.6. The Morgan fingerprint density at radius 3 is 2.18 bits per heavy atom. The molecule has 0 bridgehead atoms. The van der Waals surface area contributed by atoms with Crippen LogP contribution in [0.15, 0.2) is 77.9 Å². The number of anilines is 1. The van der Waals surface area contributed by atoms with E-state index in [1.807, 2.05) is 55.5 Å². The van der Waals surface area contributed by atoms with Crippen molar-refractivity contribution in [1.82, 2.24) is 5.43 Å². The lowest BCUT2D eigenvalue weighted by Gasteiger charge is -2.21. The number of halogens is 1. The molecule has 0 atom stereocenters. The van der Waals surface area contributed by atoms with E-state index in [0.717, 1.165) is 43.2 Å². The van der Waals surface area contributed by atoms with Crippen LogP contribution < -0.4 is 9.73 Å². The Labute approximate surface area is 197 Å². The van der Waals surface area contributed by atoms with Crippen molar-refractivity contribution in [2.75, 3.05) is 17.1 Å². The monoisotopic (exact) mass is 479 g/mol. The molecule has 0 aromatic heterocycles. The molecule has 0 unspecified atom stereocenters. The van der Waals surface area contributed by atoms with Gasteiger partial charge in [0.05, 0.1) is 18.2 Å². The molecule has 0 fully saturated rings. The zero-order valence-electron chi connectivity index (χ0n) is 18.1. The molecule has 4 rings (SSSR count). The molecule has 8 heteroatoms. The van der Waals surface area contributed by atoms with Gasteiger partial charge in [-0.15, -0.1) is 0 Å². The Morgan fingerprint density at radius 2 is 1.61 bits per heavy atom. The number of hydrazone groups is 1. The third-order valence-electron chi connectivity index (χ3n) is 5.33. The summed E-state index contributed by atoms with van der Waals surface area (Å²) < 4.78 is 25.6. The fraction of sp³-hybridized carbons (Fsp3) is 0.120. The Balaban J connectivity index is 1.60. The van der Waals surface area contributed by atoms with Gasteiger partial charge >= 0.3 is 0 Å². The molecule has 0 heterocycles. The van der Waals surface area contributed by atoms with Crippen LogP contribution in [-0.4, -0.2) is 33.3 Å². The topological polar surface area (TPSA) is 78.8 Å². The second-order valence-electron chi connectivity index (χ2n) is 7.73. The van der Waals surface area contributed by atoms with Gasteiger partial charge in [0.1, 0.15) is 6.54 Å². The van der Waals surface area contributed by atoms with Gasteiger partial charge in [0, 0.05) is 10.6 Å². The molecular formula is C25H22ClN3O3S. The zero-order valence-corrected chi connectivity index (χ0v) is 19.7. The minimum absolute atomic E-state index is 0.312. The van der Waals surface area contributed by atoms with Crippen LogP contribution in [0.4, 0.5) is 5.69 Å². The van der Waals surface area contributed by atoms with Crippen LogP contribution in [-0.2, 0) is 14.8 Å². The number of benzene rings is 4. The van der Waals surface area contributed by atoms with E-state index < -0.39 is 22.5 Å². The first-order chi connectivity index (χ1) is 15.7. The number of sulfonamides is 1. The second-order valence-corrected chi connectivity index (χ2v) is 10.0. The first kappa shape index (κ1) is 22.8. The Bertz CT molecular complexity index is 1450. The highest BCUT2D eigenvalue weighted by atomic mass is 35.5. The second kappa shape index (κ2) is 9.21. The van der Waals surface area contributed by atoms with Crippen molar-refractivity contribution in [1.29, 1.82) is 0 Å². The molecule has 0 aliphatic heterocycles. The molecule has 0 aliphatic rings. The van der Waals surface area contributed by atoms with Crippen molar-refractivity contribution in [3.05, 3.63) is 88.9 Å². The van der Waals surface area contributed by atoms with Crippen molar-refractivity contribution in [3.63, 3.8) is 0 Å². The predicted octanol–water partition coefficient (Wildman–Crippen LogP) is 4.87. The molecule has 0 saturated heterocycles. The smallest absolute Gasteiger partial charge is 0.260 e. The maximum Gasteiger partial charge on any atom is 0.260 e. The number of nitrogens with one attached hydrogen (secondary N) is 1. The molecular weight excluding hydrogens is 458 g/mol. The van der Waals surface area contributed by atoms with Crippen molar-refractivity contribution < 1.29 is 13.2 Å². The molecule has 4 aromatic rings. The molecule has 33 heavy (non-hydrogen) atoms. The minimum atomic E-state index is -3.72. The number of carbonyl (C=O) groups excluding carboxylic acids is 1. The lowest BCUT2D eigenvalue weighted by molar-refractivity contribution is -0.119. The van der Waals surface area contributed by atoms with Gasteiger partial charge in [0.15, 0.2) is 0 Å². The van der Waals surface area contributed by atoms with E-state index in [0.29, 0.717) is 10.7 Å². The van der Waals surface area contributed by atoms with Crippen molar-refractivity contribution in [2.24, 2.45) is 5.10 Å². The summed E-state index contributed by atoms with van der Waals surface area (Å²) in [6.07, 6.45) is 2.63. The third kappa shape index (κ3) is 4.99. The van der Waals surface area contributed by atoms with E-state index >= 15 is 0 Å². The minimum Gasteiger partial charge on any atom is -0.271 e. The molecule has 6 nitrogen and oxygen atoms in total. The summed E-state index contributed by atoms with van der Waals surface area (Å²) >= 11 is 6.15. The number of rotatable bonds is 6. The fourth-order valence-corrected chi connectivity index (χ4v) is 4.68. The molecule has 0 radical (unpaired) electrons. The number of amides is 1. The van der Waals surface area contributed by atoms with Crippen LogP contribution in [0, 0.1) is 6.92 Å². The van der Waals surface area contributed by atoms with Gasteiger partial charge in [-0.25, -0.2) is 13.8 Å². The van der Waals surface area contributed by atoms with Crippen molar-refractivity contribution >= 4 is 61.0 Å². The Kier molecular flexibility index (Phi) is 6.35. The van der Waals surface area contributed by atoms with E-state index in [1.54, 1.807) is 18.3 Å². The van der Waals surface area contributed by atoms with Gasteiger partial charge in [-0.1, -0.05) is 66.2 Å². The fourth-order valence-electron chi connectivity index (χ4n) is 3.66. The number of hydrogen-bond acceptors (Lipinski definition) is 4. The average Bonchev–Trinajstić information content (AvgIpc) is 2.78. The van der Waals surface area contributed by atoms with Crippen LogP contribution in [0.3, 0.4) is 0 Å². The van der Waals surface area contributed by atoms with E-state index in [1.165, 1.54) is 6.07 Å². The van der Waals surface area contributed by atoms with Gasteiger partial charge < -0.3 is 0 Å². The lowest BCUT2D eigenvalue weighted by atomic mass is 9.97. The summed E-state index contributed by atoms with van der Waals surface area (Å²) in [5.74, 6) is -0.571. The quantitative estimate of drug-likeness (QED) is 0.243. The molecule has 1 amide bonds. The summed E-state index contributed by atoms with van der Waals surface area (Å²) in [6, 6.07) is 22.8. The summed E-state index contributed by atoms with van der Waals surface area (Å²) in [4.78, 5) is 12.6. The molecule has 1 N–H and O–H groups in total. The highest BCUT2D eigenvalue weighted by Gasteiger charge is 2.21. The van der Waals surface area contributed by atoms with Gasteiger partial charge in [-0.2, -0.15) is 5.10 Å². The third-order valence-corrected chi connectivity index (χ3v) is 6.87. The number of aryl methyl sites for hydroxylation is 1. The first-order valence-corrected chi connectivity index (χ1v) is 12.4. The standard InChI is InChI=1S/C25H22ClN3O3S/c1-17-11-12-20(14-24(17)26)29(33(2,31)32)16-25(30)28-27-15-23-21-9-5-3-7-18(21)13-19-8-4-6-10-22(19)23/h3-15H,16H2,1-2H3,(H,28,30)/b27-15-. The van der Waals surface area contributed by atoms with Crippen LogP contribution in [0.25, 0.3) is 21.5 Å². The summed E-state index contributed by atoms with van der Waals surface area (Å²) in [5, 5.41) is 8.67. The van der Waals surface area contributed by atoms with Gasteiger partial charge in [-0.05, 0) is 52.2 Å². The first-order valence-electron chi connectivity index (χ1n) is 10.2. The van der Waals surface area contributed by atoms with Crippen molar-refractivity contribution in [2.45, 2.75) is 6.92 Å². The lowest BCUT2D eigenvalue weighted by Crippen LogP contribution is -2.39. The number of fused-ring (bicyclic) bond motifs is 2. The van der Waals surface area contributed by atoms with E-state index in [4.69, 9.17) is 11.6 Å². The average molecular weight is 480 g/mol. The van der Waals surface area contributed by atoms with E-state index in [2.05, 4.69) is 16.6 Å². The SMILES string of the molecule is Cc1ccc(N(CC(=O)N/N=C\c2c3ccccc3cc3ccccc23)S(C)(=O)=O)cc1Cl. The highest BCUT2D eigenvalue weighted by Crippen LogP contribution is 2.27. The van der Waals surface area contributed by atoms with Crippen molar-refractivity contribution in [3.8, 4) is 0 Å². The maximum atomic E-state index is 12.6. The molecule has 4 aromatic carbocycles. The summed E-state index contributed by atoms with van der Waals surface area (Å²) in [5.41, 5.74) is 4.44. The summed E-state index contributed by atoms with van der Waals surface area (Å²) in [6.45, 7) is 1.39. The van der Waals surface area contributed by atoms with E-state index in [-0.39, 0.29) is 0 Å². The van der Waals surface area contributed by atoms with Crippen LogP contribution in [0.1, 0.15) is 11.1 Å². The largest absolute Gasteiger partial charge is 0.271 e. The normalized spacial score (nSPS) is 11.8. The Morgan fingerprint density at radius 1 is 1.00 bits per heavy atom. The molecule has 0 aliphatic carbocycles. The number of hydrogen-bond donors (Lipinski definition) is 1. The maximum absolute atomic E-state index is 12.6. The van der Waals surface area contributed by atoms with Crippen LogP contribution >= 0.6 is 11.6 Å². The predicted molar refractivity (Wildman–Crippen MR) is 136 cm³/mol. The summed E-state index contributed by atoms with van der Waals surface area (Å²) in [7, 11) is -3.72. The van der Waals surface area contributed by atoms with Gasteiger partial charge in [0.2, 0.25) is 10.0 Å². The molecule has 168 valence electrons. The molecule has 0 saturated carbocycles. The van der Waals surface area contributed by atoms with Crippen LogP contribution in [0.2, 0.25) is 5.02 Å². The number of carbonyl (C=O) groups is 1. The van der Waals surface area contributed by atoms with Gasteiger partial charge in [0.25, 0.3) is 5.91 Å². The highest BCUT2D eigenvalue weighted by molar-refractivity contribution is 7.92. The van der Waals surface area contributed by atoms with Gasteiger partial charge in [-0.3, -0.25) is 9.10 Å². The Hall–Kier alpha value is -3.42. The molecule has 0 spiro atoms. The van der Waals surface area contributed by atoms with Crippen LogP contribution in [0.5, 0.6) is 0 Å².